The summed E-state index contributed by atoms with van der Waals surface area (Å²) >= 11 is 0. The number of nitrogens with one attached hydrogen (secondary N) is 1. The van der Waals surface area contributed by atoms with Crippen LogP contribution >= 0.6 is 0 Å². The largest absolute Gasteiger partial charge is 0.497 e. The van der Waals surface area contributed by atoms with E-state index in [4.69, 9.17) is 14.2 Å². The van der Waals surface area contributed by atoms with E-state index in [1.807, 2.05) is 31.2 Å². The van der Waals surface area contributed by atoms with Crippen molar-refractivity contribution in [2.45, 2.75) is 19.8 Å². The highest BCUT2D eigenvalue weighted by Gasteiger charge is 2.25. The van der Waals surface area contributed by atoms with Gasteiger partial charge >= 0.3 is 0 Å². The van der Waals surface area contributed by atoms with E-state index in [1.165, 1.54) is 5.56 Å². The quantitative estimate of drug-likeness (QED) is 0.463. The number of ether oxygens (including phenoxy) is 3. The zero-order valence-electron chi connectivity index (χ0n) is 19.4. The molecule has 34 heavy (non-hydrogen) atoms. The van der Waals surface area contributed by atoms with Crippen LogP contribution in [0.15, 0.2) is 66.7 Å². The molecule has 7 nitrogen and oxygen atoms in total. The number of carbonyl (C=O) groups is 2. The monoisotopic (exact) mass is 460 g/mol. The number of amides is 2. The Labute approximate surface area is 199 Å². The lowest BCUT2D eigenvalue weighted by molar-refractivity contribution is -0.121. The summed E-state index contributed by atoms with van der Waals surface area (Å²) in [7, 11) is 1.56. The van der Waals surface area contributed by atoms with Gasteiger partial charge in [-0.2, -0.15) is 0 Å². The van der Waals surface area contributed by atoms with Crippen LogP contribution < -0.4 is 24.4 Å². The molecule has 1 aliphatic rings. The van der Waals surface area contributed by atoms with Crippen LogP contribution in [-0.2, 0) is 4.79 Å². The lowest BCUT2D eigenvalue weighted by Crippen LogP contribution is -2.39. The smallest absolute Gasteiger partial charge is 0.265 e. The average Bonchev–Trinajstić information content (AvgIpc) is 2.86. The van der Waals surface area contributed by atoms with E-state index in [2.05, 4.69) is 5.32 Å². The van der Waals surface area contributed by atoms with Crippen LogP contribution in [0, 0.1) is 6.92 Å². The molecular formula is C27H28N2O5. The Morgan fingerprint density at radius 3 is 2.65 bits per heavy atom. The molecule has 1 aliphatic heterocycles. The van der Waals surface area contributed by atoms with Gasteiger partial charge in [-0.05, 0) is 68.3 Å². The van der Waals surface area contributed by atoms with Crippen LogP contribution in [0.2, 0.25) is 0 Å². The zero-order chi connectivity index (χ0) is 23.9. The molecule has 0 bridgehead atoms. The van der Waals surface area contributed by atoms with Crippen LogP contribution in [0.25, 0.3) is 0 Å². The van der Waals surface area contributed by atoms with Crippen molar-refractivity contribution in [3.8, 4) is 17.2 Å². The fraction of sp³-hybridized carbons (Fsp3) is 0.259. The Kier molecular flexibility index (Phi) is 7.32. The minimum atomic E-state index is -0.262. The predicted octanol–water partition coefficient (Wildman–Crippen LogP) is 4.84. The molecule has 3 aromatic rings. The van der Waals surface area contributed by atoms with E-state index < -0.39 is 0 Å². The number of unbranched alkanes of at least 4 members (excludes halogenated alkanes) is 1. The molecule has 2 amide bonds. The van der Waals surface area contributed by atoms with E-state index in [1.54, 1.807) is 54.5 Å². The average molecular weight is 461 g/mol. The number of rotatable bonds is 9. The number of hydrogen-bond donors (Lipinski definition) is 1. The summed E-state index contributed by atoms with van der Waals surface area (Å²) in [6.45, 7) is 3.16. The SMILES string of the molecule is COc1cccc(C(=O)Nc2ccc3c(c2)N(CCCCOc2ccc(C)cc2)C(=O)CO3)c1. The van der Waals surface area contributed by atoms with Crippen molar-refractivity contribution in [3.63, 3.8) is 0 Å². The lowest BCUT2D eigenvalue weighted by atomic mass is 10.1. The topological polar surface area (TPSA) is 77.1 Å². The first-order valence-electron chi connectivity index (χ1n) is 11.3. The van der Waals surface area contributed by atoms with Crippen molar-refractivity contribution in [1.82, 2.24) is 0 Å². The molecule has 0 aromatic heterocycles. The highest BCUT2D eigenvalue weighted by molar-refractivity contribution is 6.05. The molecule has 0 fully saturated rings. The fourth-order valence-electron chi connectivity index (χ4n) is 3.69. The van der Waals surface area contributed by atoms with Gasteiger partial charge in [-0.3, -0.25) is 9.59 Å². The molecule has 1 heterocycles. The maximum atomic E-state index is 12.7. The van der Waals surface area contributed by atoms with Gasteiger partial charge in [0.25, 0.3) is 11.8 Å². The molecular weight excluding hydrogens is 432 g/mol. The van der Waals surface area contributed by atoms with Crippen molar-refractivity contribution >= 4 is 23.2 Å². The van der Waals surface area contributed by atoms with E-state index in [9.17, 15) is 9.59 Å². The summed E-state index contributed by atoms with van der Waals surface area (Å²) in [4.78, 5) is 27.0. The van der Waals surface area contributed by atoms with E-state index in [-0.39, 0.29) is 18.4 Å². The number of benzene rings is 3. The highest BCUT2D eigenvalue weighted by Crippen LogP contribution is 2.35. The Hall–Kier alpha value is -4.00. The second kappa shape index (κ2) is 10.7. The molecule has 0 spiro atoms. The van der Waals surface area contributed by atoms with Crippen molar-refractivity contribution in [2.24, 2.45) is 0 Å². The molecule has 4 rings (SSSR count). The molecule has 176 valence electrons. The van der Waals surface area contributed by atoms with Crippen LogP contribution in [0.1, 0.15) is 28.8 Å². The number of hydrogen-bond acceptors (Lipinski definition) is 5. The van der Waals surface area contributed by atoms with Crippen LogP contribution in [0.3, 0.4) is 0 Å². The van der Waals surface area contributed by atoms with E-state index in [0.717, 1.165) is 18.6 Å². The summed E-state index contributed by atoms with van der Waals surface area (Å²) < 4.78 is 16.6. The number of aryl methyl sites for hydroxylation is 1. The molecule has 1 N–H and O–H groups in total. The lowest BCUT2D eigenvalue weighted by Gasteiger charge is -2.30. The summed E-state index contributed by atoms with van der Waals surface area (Å²) in [6, 6.07) is 20.2. The third-order valence-corrected chi connectivity index (χ3v) is 5.56. The van der Waals surface area contributed by atoms with Crippen molar-refractivity contribution in [1.29, 1.82) is 0 Å². The molecule has 0 saturated carbocycles. The first kappa shape index (κ1) is 23.2. The van der Waals surface area contributed by atoms with E-state index >= 15 is 0 Å². The predicted molar refractivity (Wildman–Crippen MR) is 131 cm³/mol. The first-order valence-corrected chi connectivity index (χ1v) is 11.3. The van der Waals surface area contributed by atoms with Gasteiger partial charge in [0.1, 0.15) is 17.2 Å². The molecule has 0 radical (unpaired) electrons. The normalized spacial score (nSPS) is 12.5. The van der Waals surface area contributed by atoms with Gasteiger partial charge in [-0.15, -0.1) is 0 Å². The number of carbonyl (C=O) groups excluding carboxylic acids is 2. The number of nitrogens with zero attached hydrogens (tertiary/aromatic N) is 1. The van der Waals surface area contributed by atoms with Gasteiger partial charge in [0.2, 0.25) is 0 Å². The van der Waals surface area contributed by atoms with Gasteiger partial charge in [-0.1, -0.05) is 23.8 Å². The maximum Gasteiger partial charge on any atom is 0.265 e. The molecule has 0 unspecified atom stereocenters. The van der Waals surface area contributed by atoms with Gasteiger partial charge in [0.05, 0.1) is 19.4 Å². The Balaban J connectivity index is 1.37. The minimum Gasteiger partial charge on any atom is -0.497 e. The third kappa shape index (κ3) is 5.67. The summed E-state index contributed by atoms with van der Waals surface area (Å²) in [5.74, 6) is 1.70. The van der Waals surface area contributed by atoms with Crippen LogP contribution in [0.5, 0.6) is 17.2 Å². The van der Waals surface area contributed by atoms with Crippen LogP contribution in [0.4, 0.5) is 11.4 Å². The Morgan fingerprint density at radius 1 is 1.03 bits per heavy atom. The molecule has 7 heteroatoms. The second-order valence-corrected chi connectivity index (χ2v) is 8.07. The van der Waals surface area contributed by atoms with Crippen LogP contribution in [-0.4, -0.2) is 38.7 Å². The Bertz CT molecular complexity index is 1160. The number of methoxy groups -OCH3 is 1. The summed E-state index contributed by atoms with van der Waals surface area (Å²) in [6.07, 6.45) is 1.58. The second-order valence-electron chi connectivity index (χ2n) is 8.07. The summed E-state index contributed by atoms with van der Waals surface area (Å²) in [5.41, 5.74) is 2.91. The highest BCUT2D eigenvalue weighted by atomic mass is 16.5. The molecule has 0 atom stereocenters. The molecule has 0 saturated heterocycles. The van der Waals surface area contributed by atoms with Crippen molar-refractivity contribution in [2.75, 3.05) is 37.1 Å². The standard InChI is InChI=1S/C27H28N2O5/c1-19-8-11-22(12-9-19)33-15-4-3-14-29-24-17-21(10-13-25(24)34-18-26(29)30)28-27(31)20-6-5-7-23(16-20)32-2/h5-13,16-17H,3-4,14-15,18H2,1-2H3,(H,28,31). The van der Waals surface area contributed by atoms with E-state index in [0.29, 0.717) is 41.6 Å². The molecule has 0 aliphatic carbocycles. The van der Waals surface area contributed by atoms with Crippen molar-refractivity contribution in [3.05, 3.63) is 77.9 Å². The fourth-order valence-corrected chi connectivity index (χ4v) is 3.69. The van der Waals surface area contributed by atoms with Gasteiger partial charge < -0.3 is 24.4 Å². The van der Waals surface area contributed by atoms with Gasteiger partial charge in [-0.25, -0.2) is 0 Å². The summed E-state index contributed by atoms with van der Waals surface area (Å²) in [5, 5.41) is 2.89. The zero-order valence-corrected chi connectivity index (χ0v) is 19.4. The first-order chi connectivity index (χ1) is 16.5. The molecule has 3 aromatic carbocycles. The van der Waals surface area contributed by atoms with Gasteiger partial charge in [0.15, 0.2) is 6.61 Å². The minimum absolute atomic E-state index is 0.00236. The van der Waals surface area contributed by atoms with Crippen molar-refractivity contribution < 1.29 is 23.8 Å². The maximum absolute atomic E-state index is 12.7. The van der Waals surface area contributed by atoms with Gasteiger partial charge in [0, 0.05) is 17.8 Å². The number of fused-ring (bicyclic) bond motifs is 1. The Morgan fingerprint density at radius 2 is 1.85 bits per heavy atom. The number of anilines is 2. The third-order valence-electron chi connectivity index (χ3n) is 5.56.